The molecule has 4 heterocycles. The molecule has 1 amide bonds. The number of aromatic nitrogens is 3. The maximum atomic E-state index is 12.5. The van der Waals surface area contributed by atoms with Gasteiger partial charge in [0.05, 0.1) is 11.0 Å². The lowest BCUT2D eigenvalue weighted by atomic mass is 10.1. The number of alkyl halides is 3. The highest BCUT2D eigenvalue weighted by molar-refractivity contribution is 7.15. The third-order valence-corrected chi connectivity index (χ3v) is 7.13. The Hall–Kier alpha value is -3.15. The van der Waals surface area contributed by atoms with E-state index in [-0.39, 0.29) is 13.1 Å². The first kappa shape index (κ1) is 24.5. The Bertz CT molecular complexity index is 1380. The van der Waals surface area contributed by atoms with Crippen molar-refractivity contribution < 1.29 is 18.0 Å². The lowest BCUT2D eigenvalue weighted by molar-refractivity contribution is -0.162. The van der Waals surface area contributed by atoms with E-state index in [1.807, 2.05) is 41.8 Å². The Morgan fingerprint density at radius 1 is 1.14 bits per heavy atom. The minimum atomic E-state index is -4.48. The molecule has 4 aromatic rings. The van der Waals surface area contributed by atoms with Crippen molar-refractivity contribution in [2.45, 2.75) is 19.1 Å². The van der Waals surface area contributed by atoms with Crippen LogP contribution in [-0.4, -0.2) is 63.0 Å². The minimum Gasteiger partial charge on any atom is -0.340 e. The Kier molecular flexibility index (Phi) is 6.87. The van der Waals surface area contributed by atoms with E-state index in [4.69, 9.17) is 11.6 Å². The maximum Gasteiger partial charge on any atom is 0.397 e. The minimum absolute atomic E-state index is 0.280. The number of thiophene rings is 1. The van der Waals surface area contributed by atoms with E-state index in [1.165, 1.54) is 16.2 Å². The van der Waals surface area contributed by atoms with Crippen molar-refractivity contribution in [2.75, 3.05) is 31.5 Å². The summed E-state index contributed by atoms with van der Waals surface area (Å²) in [6, 6.07) is 11.7. The number of benzene rings is 1. The van der Waals surface area contributed by atoms with Gasteiger partial charge in [-0.2, -0.15) is 13.2 Å². The van der Waals surface area contributed by atoms with Crippen LogP contribution in [0.5, 0.6) is 0 Å². The van der Waals surface area contributed by atoms with Crippen LogP contribution in [0, 0.1) is 0 Å². The van der Waals surface area contributed by atoms with E-state index in [9.17, 15) is 18.0 Å². The average Bonchev–Trinajstić information content (AvgIpc) is 3.43. The molecule has 0 aliphatic carbocycles. The number of pyridine rings is 1. The van der Waals surface area contributed by atoms with E-state index < -0.39 is 18.5 Å². The molecule has 1 aliphatic heterocycles. The van der Waals surface area contributed by atoms with Crippen LogP contribution < -0.4 is 5.32 Å². The van der Waals surface area contributed by atoms with Crippen molar-refractivity contribution in [3.05, 3.63) is 57.9 Å². The van der Waals surface area contributed by atoms with Crippen LogP contribution in [0.1, 0.15) is 12.0 Å². The molecular weight excluding hydrogens is 513 g/mol. The topological polar surface area (TPSA) is 77.2 Å². The quantitative estimate of drug-likeness (QED) is 0.333. The number of nitrogens with zero attached hydrogens (tertiary/aromatic N) is 4. The molecule has 0 saturated carbocycles. The molecule has 5 rings (SSSR count). The number of rotatable bonds is 6. The van der Waals surface area contributed by atoms with Crippen molar-refractivity contribution in [3.63, 3.8) is 0 Å². The fourth-order valence-electron chi connectivity index (χ4n) is 4.20. The van der Waals surface area contributed by atoms with Crippen LogP contribution >= 0.6 is 22.9 Å². The van der Waals surface area contributed by atoms with Gasteiger partial charge in [-0.25, -0.2) is 9.97 Å². The monoisotopic (exact) mass is 534 g/mol. The van der Waals surface area contributed by atoms with Gasteiger partial charge in [-0.05, 0) is 46.8 Å². The molecule has 1 saturated heterocycles. The molecule has 1 aliphatic rings. The molecule has 3 aromatic heterocycles. The summed E-state index contributed by atoms with van der Waals surface area (Å²) in [6.07, 6.45) is -4.19. The first-order valence-electron chi connectivity index (χ1n) is 11.3. The van der Waals surface area contributed by atoms with Crippen molar-refractivity contribution in [2.24, 2.45) is 0 Å². The molecule has 188 valence electrons. The Labute approximate surface area is 213 Å². The van der Waals surface area contributed by atoms with Gasteiger partial charge in [0.15, 0.2) is 0 Å². The zero-order chi connectivity index (χ0) is 25.3. The molecular formula is C24H22ClF3N6OS. The summed E-state index contributed by atoms with van der Waals surface area (Å²) < 4.78 is 38.2. The Balaban J connectivity index is 1.21. The molecule has 2 N–H and O–H groups in total. The van der Waals surface area contributed by atoms with Crippen LogP contribution in [-0.2, 0) is 11.3 Å². The number of imidazole rings is 1. The van der Waals surface area contributed by atoms with Gasteiger partial charge < -0.3 is 15.2 Å². The molecule has 12 heteroatoms. The number of H-pyrrole nitrogens is 1. The van der Waals surface area contributed by atoms with Gasteiger partial charge in [0.2, 0.25) is 11.9 Å². The number of carbonyl (C=O) groups is 1. The number of anilines is 2. The van der Waals surface area contributed by atoms with Gasteiger partial charge in [0.1, 0.15) is 16.6 Å². The number of aromatic amines is 1. The average molecular weight is 535 g/mol. The number of hydrogen-bond donors (Lipinski definition) is 2. The highest BCUT2D eigenvalue weighted by Gasteiger charge is 2.34. The van der Waals surface area contributed by atoms with Crippen LogP contribution in [0.2, 0.25) is 4.34 Å². The van der Waals surface area contributed by atoms with Crippen molar-refractivity contribution in [1.29, 1.82) is 0 Å². The molecule has 0 unspecified atom stereocenters. The van der Waals surface area contributed by atoms with Gasteiger partial charge in [0.25, 0.3) is 0 Å². The second-order valence-electron chi connectivity index (χ2n) is 8.55. The third-order valence-electron chi connectivity index (χ3n) is 5.96. The number of halogens is 4. The molecule has 36 heavy (non-hydrogen) atoms. The summed E-state index contributed by atoms with van der Waals surface area (Å²) in [6.45, 7) is 2.18. The van der Waals surface area contributed by atoms with Crippen molar-refractivity contribution in [3.8, 4) is 11.1 Å². The molecule has 0 atom stereocenters. The highest BCUT2D eigenvalue weighted by atomic mass is 35.5. The summed E-state index contributed by atoms with van der Waals surface area (Å²) in [5, 5.41) is 5.15. The first-order chi connectivity index (χ1) is 17.2. The summed E-state index contributed by atoms with van der Waals surface area (Å²) in [4.78, 5) is 27.4. The molecule has 1 aromatic carbocycles. The first-order valence-corrected chi connectivity index (χ1v) is 12.5. The van der Waals surface area contributed by atoms with Crippen LogP contribution in [0.25, 0.3) is 22.2 Å². The van der Waals surface area contributed by atoms with Gasteiger partial charge in [-0.3, -0.25) is 9.69 Å². The van der Waals surface area contributed by atoms with Gasteiger partial charge in [0, 0.05) is 44.5 Å². The molecule has 0 spiro atoms. The Morgan fingerprint density at radius 2 is 1.94 bits per heavy atom. The van der Waals surface area contributed by atoms with E-state index in [0.29, 0.717) is 31.4 Å². The number of carbonyl (C=O) groups excluding carboxylic acids is 1. The van der Waals surface area contributed by atoms with Gasteiger partial charge in [-0.15, -0.1) is 11.3 Å². The fraction of sp³-hybridized carbons (Fsp3) is 0.292. The molecule has 0 bridgehead atoms. The normalized spacial score (nSPS) is 14.9. The third kappa shape index (κ3) is 5.80. The lowest BCUT2D eigenvalue weighted by Gasteiger charge is -2.35. The molecule has 0 radical (unpaired) electrons. The number of piperazine rings is 1. The molecule has 1 fully saturated rings. The van der Waals surface area contributed by atoms with Crippen molar-refractivity contribution in [1.82, 2.24) is 24.8 Å². The zero-order valence-corrected chi connectivity index (χ0v) is 20.6. The van der Waals surface area contributed by atoms with E-state index in [2.05, 4.69) is 25.2 Å². The predicted molar refractivity (Wildman–Crippen MR) is 134 cm³/mol. The summed E-state index contributed by atoms with van der Waals surface area (Å²) in [5.41, 5.74) is 4.65. The smallest absolute Gasteiger partial charge is 0.340 e. The van der Waals surface area contributed by atoms with Gasteiger partial charge in [-0.1, -0.05) is 17.7 Å². The summed E-state index contributed by atoms with van der Waals surface area (Å²) in [5.74, 6) is 0.306. The largest absolute Gasteiger partial charge is 0.397 e. The second kappa shape index (κ2) is 10.1. The number of hydrogen-bond acceptors (Lipinski definition) is 6. The van der Waals surface area contributed by atoms with E-state index in [1.54, 1.807) is 6.20 Å². The van der Waals surface area contributed by atoms with Crippen LogP contribution in [0.3, 0.4) is 0 Å². The second-order valence-corrected chi connectivity index (χ2v) is 10.1. The van der Waals surface area contributed by atoms with Crippen molar-refractivity contribution >= 4 is 51.6 Å². The maximum absolute atomic E-state index is 12.5. The van der Waals surface area contributed by atoms with E-state index >= 15 is 0 Å². The zero-order valence-electron chi connectivity index (χ0n) is 19.0. The summed E-state index contributed by atoms with van der Waals surface area (Å²) in [7, 11) is 0. The standard InChI is InChI=1S/C24H22ClF3N6OS/c25-22-17(4-10-36-22)16-1-2-18-19(12-16)31-23(30-18)32-20-11-15(3-5-29-20)14-33-6-8-34(9-7-33)21(35)13-24(26,27)28/h1-5,10-12H,6-9,13-14H2,(H2,29,30,31,32). The fourth-order valence-corrected chi connectivity index (χ4v) is 5.16. The lowest BCUT2D eigenvalue weighted by Crippen LogP contribution is -2.49. The highest BCUT2D eigenvalue weighted by Crippen LogP contribution is 2.34. The SMILES string of the molecule is O=C(CC(F)(F)F)N1CCN(Cc2ccnc(Nc3nc4ccc(-c5ccsc5Cl)cc4[nH]3)c2)CC1. The number of nitrogens with one attached hydrogen (secondary N) is 2. The molecule has 7 nitrogen and oxygen atoms in total. The van der Waals surface area contributed by atoms with Crippen LogP contribution in [0.15, 0.2) is 48.0 Å². The van der Waals surface area contributed by atoms with Crippen LogP contribution in [0.4, 0.5) is 24.9 Å². The Morgan fingerprint density at radius 3 is 2.67 bits per heavy atom. The number of amides is 1. The van der Waals surface area contributed by atoms with Gasteiger partial charge >= 0.3 is 6.18 Å². The summed E-state index contributed by atoms with van der Waals surface area (Å²) >= 11 is 7.76. The predicted octanol–water partition coefficient (Wildman–Crippen LogP) is 5.68. The number of fused-ring (bicyclic) bond motifs is 1. The van der Waals surface area contributed by atoms with E-state index in [0.717, 1.165) is 32.1 Å².